The lowest BCUT2D eigenvalue weighted by Gasteiger charge is -2.17. The summed E-state index contributed by atoms with van der Waals surface area (Å²) >= 11 is 0. The topological polar surface area (TPSA) is 92.9 Å². The molecule has 2 N–H and O–H groups in total. The smallest absolute Gasteiger partial charge is 0.268 e. The fraction of sp³-hybridized carbons (Fsp3) is 0.200. The molecule has 0 aliphatic heterocycles. The zero-order chi connectivity index (χ0) is 21.9. The van der Waals surface area contributed by atoms with Crippen molar-refractivity contribution >= 4 is 16.8 Å². The number of nitrogens with one attached hydrogen (secondary N) is 1. The lowest BCUT2D eigenvalue weighted by atomic mass is 10.0. The van der Waals surface area contributed by atoms with Crippen molar-refractivity contribution < 1.29 is 10.0 Å². The molecule has 32 heavy (non-hydrogen) atoms. The van der Waals surface area contributed by atoms with Crippen LogP contribution in [0, 0.1) is 17.8 Å². The number of nitrogens with zero attached hydrogens (tertiary/aromatic N) is 4. The third-order valence-electron chi connectivity index (χ3n) is 5.54. The second kappa shape index (κ2) is 8.61. The highest BCUT2D eigenvalue weighted by molar-refractivity contribution is 5.90. The van der Waals surface area contributed by atoms with Gasteiger partial charge in [-0.3, -0.25) is 10.0 Å². The molecule has 1 aliphatic rings. The summed E-state index contributed by atoms with van der Waals surface area (Å²) in [4.78, 5) is 20.9. The Hall–Kier alpha value is -4.02. The van der Waals surface area contributed by atoms with Crippen molar-refractivity contribution in [2.45, 2.75) is 25.3 Å². The maximum absolute atomic E-state index is 12.7. The van der Waals surface area contributed by atoms with Gasteiger partial charge in [-0.05, 0) is 42.0 Å². The maximum Gasteiger partial charge on any atom is 0.268 e. The van der Waals surface area contributed by atoms with Crippen LogP contribution in [0.3, 0.4) is 0 Å². The first-order chi connectivity index (χ1) is 15.7. The van der Waals surface area contributed by atoms with Gasteiger partial charge in [-0.2, -0.15) is 5.10 Å². The summed E-state index contributed by atoms with van der Waals surface area (Å²) in [5.74, 6) is 6.43. The molecule has 0 saturated heterocycles. The molecule has 0 spiro atoms. The van der Waals surface area contributed by atoms with Gasteiger partial charge in [-0.25, -0.2) is 20.1 Å². The van der Waals surface area contributed by atoms with Crippen molar-refractivity contribution in [3.8, 4) is 23.0 Å². The lowest BCUT2D eigenvalue weighted by molar-refractivity contribution is -0.132. The Morgan fingerprint density at radius 1 is 1.12 bits per heavy atom. The van der Waals surface area contributed by atoms with Crippen LogP contribution in [0.1, 0.15) is 30.1 Å². The number of carbonyl (C=O) groups excluding carboxylic acids is 1. The van der Waals surface area contributed by atoms with Gasteiger partial charge in [0.1, 0.15) is 18.1 Å². The van der Waals surface area contributed by atoms with Crippen LogP contribution in [0.4, 0.5) is 0 Å². The molecule has 2 aromatic heterocycles. The second-order valence-electron chi connectivity index (χ2n) is 7.88. The summed E-state index contributed by atoms with van der Waals surface area (Å²) in [5.41, 5.74) is 5.99. The average molecular weight is 423 g/mol. The van der Waals surface area contributed by atoms with Crippen LogP contribution < -0.4 is 5.48 Å². The van der Waals surface area contributed by atoms with E-state index in [4.69, 9.17) is 5.10 Å². The van der Waals surface area contributed by atoms with Gasteiger partial charge in [0.25, 0.3) is 5.91 Å². The van der Waals surface area contributed by atoms with E-state index >= 15 is 0 Å². The number of amides is 1. The monoisotopic (exact) mass is 423 g/mol. The lowest BCUT2D eigenvalue weighted by Crippen LogP contribution is -2.33. The number of carbonyl (C=O) groups is 1. The third-order valence-corrected chi connectivity index (χ3v) is 5.54. The molecule has 7 heteroatoms. The molecule has 0 bridgehead atoms. The van der Waals surface area contributed by atoms with E-state index in [1.54, 1.807) is 22.6 Å². The SMILES string of the molecule is O=C(NO)C(Cc1ccccc1)n1nc2ccc(-c3cncnc3)cc2c1C#CC1CC1. The summed E-state index contributed by atoms with van der Waals surface area (Å²) in [5, 5.41) is 15.0. The van der Waals surface area contributed by atoms with Crippen molar-refractivity contribution in [2.75, 3.05) is 0 Å². The van der Waals surface area contributed by atoms with E-state index in [0.717, 1.165) is 40.4 Å². The predicted molar refractivity (Wildman–Crippen MR) is 119 cm³/mol. The van der Waals surface area contributed by atoms with Crippen molar-refractivity contribution in [1.29, 1.82) is 0 Å². The van der Waals surface area contributed by atoms with E-state index in [0.29, 0.717) is 18.0 Å². The molecule has 4 aromatic rings. The van der Waals surface area contributed by atoms with Crippen molar-refractivity contribution in [3.63, 3.8) is 0 Å². The third kappa shape index (κ3) is 4.09. The summed E-state index contributed by atoms with van der Waals surface area (Å²) in [6, 6.07) is 14.8. The molecule has 5 rings (SSSR count). The number of hydrogen-bond acceptors (Lipinski definition) is 5. The van der Waals surface area contributed by atoms with Crippen LogP contribution in [-0.2, 0) is 11.2 Å². The van der Waals surface area contributed by atoms with E-state index < -0.39 is 11.9 Å². The van der Waals surface area contributed by atoms with Gasteiger partial charge < -0.3 is 0 Å². The number of hydrogen-bond donors (Lipinski definition) is 2. The van der Waals surface area contributed by atoms with Crippen LogP contribution in [-0.4, -0.2) is 30.9 Å². The van der Waals surface area contributed by atoms with Crippen LogP contribution >= 0.6 is 0 Å². The molecule has 0 radical (unpaired) electrons. The van der Waals surface area contributed by atoms with Gasteiger partial charge in [0.15, 0.2) is 0 Å². The Bertz CT molecular complexity index is 1320. The first-order valence-electron chi connectivity index (χ1n) is 10.5. The standard InChI is InChI=1S/C25H21N5O2/c31-25(29-32)24(12-18-4-2-1-3-5-18)30-23(11-8-17-6-7-17)21-13-19(9-10-22(21)28-30)20-14-26-16-27-15-20/h1-5,9-10,13-17,24,32H,6-7,12H2,(H,29,31). The molecular weight excluding hydrogens is 402 g/mol. The molecule has 1 aliphatic carbocycles. The number of rotatable bonds is 5. The first kappa shape index (κ1) is 19.9. The molecule has 7 nitrogen and oxygen atoms in total. The molecule has 158 valence electrons. The zero-order valence-corrected chi connectivity index (χ0v) is 17.3. The number of benzene rings is 2. The maximum atomic E-state index is 12.7. The second-order valence-corrected chi connectivity index (χ2v) is 7.88. The van der Waals surface area contributed by atoms with Crippen molar-refractivity contribution in [2.24, 2.45) is 5.92 Å². The Morgan fingerprint density at radius 2 is 1.91 bits per heavy atom. The summed E-state index contributed by atoms with van der Waals surface area (Å²) < 4.78 is 1.64. The van der Waals surface area contributed by atoms with E-state index in [9.17, 15) is 10.0 Å². The summed E-state index contributed by atoms with van der Waals surface area (Å²) in [6.07, 6.45) is 7.57. The molecular formula is C25H21N5O2. The number of hydroxylamine groups is 1. The van der Waals surface area contributed by atoms with Crippen LogP contribution in [0.15, 0.2) is 67.3 Å². The van der Waals surface area contributed by atoms with Gasteiger partial charge in [-0.1, -0.05) is 42.3 Å². The number of fused-ring (bicyclic) bond motifs is 1. The molecule has 1 atom stereocenters. The average Bonchev–Trinajstić information content (AvgIpc) is 3.61. The van der Waals surface area contributed by atoms with Gasteiger partial charge in [0, 0.05) is 35.7 Å². The Labute approximate surface area is 185 Å². The van der Waals surface area contributed by atoms with Crippen molar-refractivity contribution in [3.05, 3.63) is 78.5 Å². The van der Waals surface area contributed by atoms with Crippen LogP contribution in [0.25, 0.3) is 22.0 Å². The molecule has 2 heterocycles. The van der Waals surface area contributed by atoms with E-state index in [-0.39, 0.29) is 0 Å². The van der Waals surface area contributed by atoms with Crippen LogP contribution in [0.5, 0.6) is 0 Å². The zero-order valence-electron chi connectivity index (χ0n) is 17.3. The van der Waals surface area contributed by atoms with E-state index in [1.165, 1.54) is 6.33 Å². The molecule has 1 fully saturated rings. The van der Waals surface area contributed by atoms with Gasteiger partial charge in [0.2, 0.25) is 0 Å². The van der Waals surface area contributed by atoms with Crippen LogP contribution in [0.2, 0.25) is 0 Å². The molecule has 1 unspecified atom stereocenters. The number of aromatic nitrogens is 4. The normalized spacial score (nSPS) is 13.9. The minimum atomic E-state index is -0.748. The van der Waals surface area contributed by atoms with E-state index in [1.807, 2.05) is 48.5 Å². The fourth-order valence-corrected chi connectivity index (χ4v) is 3.68. The van der Waals surface area contributed by atoms with Gasteiger partial charge in [0.05, 0.1) is 5.52 Å². The highest BCUT2D eigenvalue weighted by Gasteiger charge is 2.26. The Kier molecular flexibility index (Phi) is 5.36. The largest absolute Gasteiger partial charge is 0.289 e. The molecule has 1 saturated carbocycles. The molecule has 2 aromatic carbocycles. The highest BCUT2D eigenvalue weighted by Crippen LogP contribution is 2.30. The Balaban J connectivity index is 1.65. The Morgan fingerprint density at radius 3 is 2.62 bits per heavy atom. The molecule has 1 amide bonds. The fourth-order valence-electron chi connectivity index (χ4n) is 3.68. The minimum absolute atomic E-state index is 0.374. The summed E-state index contributed by atoms with van der Waals surface area (Å²) in [7, 11) is 0. The van der Waals surface area contributed by atoms with Crippen molar-refractivity contribution in [1.82, 2.24) is 25.2 Å². The van der Waals surface area contributed by atoms with Gasteiger partial charge in [-0.15, -0.1) is 0 Å². The van der Waals surface area contributed by atoms with E-state index in [2.05, 4.69) is 21.8 Å². The highest BCUT2D eigenvalue weighted by atomic mass is 16.5. The quantitative estimate of drug-likeness (QED) is 0.291. The predicted octanol–water partition coefficient (Wildman–Crippen LogP) is 3.54. The summed E-state index contributed by atoms with van der Waals surface area (Å²) in [6.45, 7) is 0. The first-order valence-corrected chi connectivity index (χ1v) is 10.5. The van der Waals surface area contributed by atoms with Gasteiger partial charge >= 0.3 is 0 Å². The minimum Gasteiger partial charge on any atom is -0.289 e.